The molecule has 0 aromatic carbocycles. The van der Waals surface area contributed by atoms with E-state index in [0.717, 1.165) is 32.1 Å². The molecule has 156 valence electrons. The second-order valence-corrected chi connectivity index (χ2v) is 7.82. The fourth-order valence-electron chi connectivity index (χ4n) is 3.40. The Kier molecular flexibility index (Phi) is 20.3. The first-order valence-corrected chi connectivity index (χ1v) is 11.6. The van der Waals surface area contributed by atoms with Crippen LogP contribution in [-0.2, 0) is 9.53 Å². The summed E-state index contributed by atoms with van der Waals surface area (Å²) in [5, 5.41) is 0. The maximum absolute atomic E-state index is 12.1. The Morgan fingerprint density at radius 2 is 1.15 bits per heavy atom. The maximum atomic E-state index is 12.1. The van der Waals surface area contributed by atoms with E-state index < -0.39 is 0 Å². The molecule has 0 aromatic heterocycles. The second-order valence-electron chi connectivity index (χ2n) is 7.82. The predicted octanol–water partition coefficient (Wildman–Crippen LogP) is 6.92. The van der Waals surface area contributed by atoms with Crippen molar-refractivity contribution in [3.05, 3.63) is 0 Å². The minimum Gasteiger partial charge on any atom is -0.462 e. The molecule has 3 heteroatoms. The number of rotatable bonds is 20. The number of hydrogen-bond acceptors (Lipinski definition) is 3. The molecule has 2 N–H and O–H groups in total. The second kappa shape index (κ2) is 20.7. The van der Waals surface area contributed by atoms with Crippen LogP contribution in [0.2, 0.25) is 0 Å². The molecule has 3 nitrogen and oxygen atoms in total. The highest BCUT2D eigenvalue weighted by Gasteiger charge is 2.14. The lowest BCUT2D eigenvalue weighted by Gasteiger charge is -2.18. The molecule has 0 unspecified atom stereocenters. The standard InChI is InChI=1S/C23H47NO2/c1-3-5-7-9-11-14-18-22(19-15-12-10-8-6-4-2)26-23(25)20-16-13-17-21-24/h22H,3-21,24H2,1-2H3. The van der Waals surface area contributed by atoms with E-state index in [4.69, 9.17) is 10.5 Å². The predicted molar refractivity (Wildman–Crippen MR) is 113 cm³/mol. The Morgan fingerprint density at radius 1 is 0.692 bits per heavy atom. The van der Waals surface area contributed by atoms with Gasteiger partial charge in [-0.05, 0) is 45.1 Å². The maximum Gasteiger partial charge on any atom is 0.306 e. The van der Waals surface area contributed by atoms with Gasteiger partial charge in [-0.2, -0.15) is 0 Å². The Morgan fingerprint density at radius 3 is 1.65 bits per heavy atom. The van der Waals surface area contributed by atoms with Crippen LogP contribution in [-0.4, -0.2) is 18.6 Å². The van der Waals surface area contributed by atoms with Crippen molar-refractivity contribution < 1.29 is 9.53 Å². The molecule has 0 saturated heterocycles. The summed E-state index contributed by atoms with van der Waals surface area (Å²) in [5.74, 6) is 0.00369. The molecule has 0 heterocycles. The molecular formula is C23H47NO2. The van der Waals surface area contributed by atoms with E-state index in [9.17, 15) is 4.79 Å². The molecule has 0 atom stereocenters. The lowest BCUT2D eigenvalue weighted by atomic mass is 10.0. The molecule has 0 aliphatic carbocycles. The van der Waals surface area contributed by atoms with E-state index in [1.54, 1.807) is 0 Å². The zero-order valence-corrected chi connectivity index (χ0v) is 17.9. The van der Waals surface area contributed by atoms with Crippen LogP contribution in [0.4, 0.5) is 0 Å². The Bertz CT molecular complexity index is 278. The molecule has 0 fully saturated rings. The van der Waals surface area contributed by atoms with E-state index in [1.807, 2.05) is 0 Å². The molecule has 0 aromatic rings. The molecular weight excluding hydrogens is 322 g/mol. The fourth-order valence-corrected chi connectivity index (χ4v) is 3.40. The average molecular weight is 370 g/mol. The van der Waals surface area contributed by atoms with Crippen molar-refractivity contribution >= 4 is 5.97 Å². The molecule has 26 heavy (non-hydrogen) atoms. The Hall–Kier alpha value is -0.570. The normalized spacial score (nSPS) is 11.2. The van der Waals surface area contributed by atoms with Crippen LogP contribution in [0.3, 0.4) is 0 Å². The van der Waals surface area contributed by atoms with Crippen LogP contribution < -0.4 is 5.73 Å². The first kappa shape index (κ1) is 25.4. The van der Waals surface area contributed by atoms with Gasteiger partial charge in [0.25, 0.3) is 0 Å². The highest BCUT2D eigenvalue weighted by atomic mass is 16.5. The van der Waals surface area contributed by atoms with Crippen LogP contribution in [0.1, 0.15) is 129 Å². The van der Waals surface area contributed by atoms with Crippen molar-refractivity contribution in [1.82, 2.24) is 0 Å². The number of ether oxygens (including phenoxy) is 1. The highest BCUT2D eigenvalue weighted by molar-refractivity contribution is 5.69. The van der Waals surface area contributed by atoms with Gasteiger partial charge < -0.3 is 10.5 Å². The molecule has 0 rings (SSSR count). The molecule has 0 amide bonds. The average Bonchev–Trinajstić information content (AvgIpc) is 2.64. The van der Waals surface area contributed by atoms with Gasteiger partial charge in [0.2, 0.25) is 0 Å². The molecule has 0 bridgehead atoms. The van der Waals surface area contributed by atoms with E-state index in [0.29, 0.717) is 13.0 Å². The zero-order valence-electron chi connectivity index (χ0n) is 17.9. The molecule has 0 aliphatic heterocycles. The van der Waals surface area contributed by atoms with Crippen molar-refractivity contribution in [3.63, 3.8) is 0 Å². The molecule has 0 radical (unpaired) electrons. The minimum atomic E-state index is 0.00369. The summed E-state index contributed by atoms with van der Waals surface area (Å²) >= 11 is 0. The fraction of sp³-hybridized carbons (Fsp3) is 0.957. The number of esters is 1. The van der Waals surface area contributed by atoms with Gasteiger partial charge in [-0.15, -0.1) is 0 Å². The van der Waals surface area contributed by atoms with Crippen LogP contribution in [0.5, 0.6) is 0 Å². The van der Waals surface area contributed by atoms with Gasteiger partial charge in [0, 0.05) is 6.42 Å². The van der Waals surface area contributed by atoms with Gasteiger partial charge in [-0.25, -0.2) is 0 Å². The van der Waals surface area contributed by atoms with Gasteiger partial charge in [0.1, 0.15) is 6.10 Å². The largest absolute Gasteiger partial charge is 0.462 e. The summed E-state index contributed by atoms with van der Waals surface area (Å²) < 4.78 is 5.82. The smallest absolute Gasteiger partial charge is 0.306 e. The monoisotopic (exact) mass is 369 g/mol. The van der Waals surface area contributed by atoms with Crippen molar-refractivity contribution in [2.75, 3.05) is 6.54 Å². The number of unbranched alkanes of at least 4 members (excludes halogenated alkanes) is 12. The first-order chi connectivity index (χ1) is 12.7. The zero-order chi connectivity index (χ0) is 19.3. The van der Waals surface area contributed by atoms with Gasteiger partial charge in [-0.3, -0.25) is 4.79 Å². The SMILES string of the molecule is CCCCCCCCC(CCCCCCCC)OC(=O)CCCCCN. The van der Waals surface area contributed by atoms with Crippen LogP contribution in [0, 0.1) is 0 Å². The van der Waals surface area contributed by atoms with E-state index in [2.05, 4.69) is 13.8 Å². The Labute approximate surface area is 163 Å². The number of hydrogen-bond donors (Lipinski definition) is 1. The summed E-state index contributed by atoms with van der Waals surface area (Å²) in [4.78, 5) is 12.1. The quantitative estimate of drug-likeness (QED) is 0.187. The third kappa shape index (κ3) is 18.2. The van der Waals surface area contributed by atoms with E-state index in [-0.39, 0.29) is 12.1 Å². The van der Waals surface area contributed by atoms with Gasteiger partial charge in [-0.1, -0.05) is 84.5 Å². The summed E-state index contributed by atoms with van der Waals surface area (Å²) in [7, 11) is 0. The van der Waals surface area contributed by atoms with Gasteiger partial charge in [0.15, 0.2) is 0 Å². The lowest BCUT2D eigenvalue weighted by Crippen LogP contribution is -2.18. The van der Waals surface area contributed by atoms with Crippen LogP contribution >= 0.6 is 0 Å². The Balaban J connectivity index is 3.99. The summed E-state index contributed by atoms with van der Waals surface area (Å²) in [5.41, 5.74) is 5.51. The van der Waals surface area contributed by atoms with Gasteiger partial charge in [0.05, 0.1) is 0 Å². The third-order valence-electron chi connectivity index (χ3n) is 5.14. The summed E-state index contributed by atoms with van der Waals surface area (Å²) in [6, 6.07) is 0. The summed E-state index contributed by atoms with van der Waals surface area (Å²) in [6.45, 7) is 5.22. The van der Waals surface area contributed by atoms with Crippen molar-refractivity contribution in [2.45, 2.75) is 136 Å². The van der Waals surface area contributed by atoms with Crippen molar-refractivity contribution in [3.8, 4) is 0 Å². The number of nitrogens with two attached hydrogens (primary N) is 1. The summed E-state index contributed by atoms with van der Waals surface area (Å²) in [6.07, 6.45) is 21.3. The molecule has 0 saturated carbocycles. The molecule has 0 aliphatic rings. The van der Waals surface area contributed by atoms with E-state index in [1.165, 1.54) is 77.0 Å². The lowest BCUT2D eigenvalue weighted by molar-refractivity contribution is -0.150. The van der Waals surface area contributed by atoms with Crippen molar-refractivity contribution in [2.24, 2.45) is 5.73 Å². The topological polar surface area (TPSA) is 52.3 Å². The van der Waals surface area contributed by atoms with Crippen LogP contribution in [0.25, 0.3) is 0 Å². The number of carbonyl (C=O) groups is 1. The van der Waals surface area contributed by atoms with E-state index >= 15 is 0 Å². The van der Waals surface area contributed by atoms with Crippen LogP contribution in [0.15, 0.2) is 0 Å². The highest BCUT2D eigenvalue weighted by Crippen LogP contribution is 2.17. The molecule has 0 spiro atoms. The third-order valence-corrected chi connectivity index (χ3v) is 5.14. The van der Waals surface area contributed by atoms with Gasteiger partial charge >= 0.3 is 5.97 Å². The minimum absolute atomic E-state index is 0.00369. The number of carbonyl (C=O) groups excluding carboxylic acids is 1. The van der Waals surface area contributed by atoms with Crippen molar-refractivity contribution in [1.29, 1.82) is 0 Å². The first-order valence-electron chi connectivity index (χ1n) is 11.6.